The summed E-state index contributed by atoms with van der Waals surface area (Å²) < 4.78 is 9.54. The highest BCUT2D eigenvalue weighted by molar-refractivity contribution is 5.39. The molecule has 1 aliphatic rings. The molecule has 1 N–H and O–H groups in total. The van der Waals surface area contributed by atoms with Gasteiger partial charge in [0.15, 0.2) is 5.82 Å². The first-order valence-corrected chi connectivity index (χ1v) is 7.81. The summed E-state index contributed by atoms with van der Waals surface area (Å²) in [5.41, 5.74) is -0.318. The van der Waals surface area contributed by atoms with E-state index in [1.807, 2.05) is 40.0 Å². The number of aromatic nitrogens is 2. The van der Waals surface area contributed by atoms with E-state index in [9.17, 15) is 4.79 Å². The predicted molar refractivity (Wildman–Crippen MR) is 89.8 cm³/mol. The van der Waals surface area contributed by atoms with Crippen LogP contribution in [0.5, 0.6) is 5.88 Å². The lowest BCUT2D eigenvalue weighted by molar-refractivity contribution is -0.138. The van der Waals surface area contributed by atoms with Crippen LogP contribution in [-0.4, -0.2) is 55.6 Å². The molecular formula is C16H28N4O3. The molecule has 0 aromatic carbocycles. The summed E-state index contributed by atoms with van der Waals surface area (Å²) in [7, 11) is 3.61. The van der Waals surface area contributed by atoms with Crippen LogP contribution in [0, 0.1) is 0 Å². The molecule has 0 spiro atoms. The van der Waals surface area contributed by atoms with E-state index in [4.69, 9.17) is 4.74 Å². The van der Waals surface area contributed by atoms with Crippen molar-refractivity contribution in [1.29, 1.82) is 0 Å². The summed E-state index contributed by atoms with van der Waals surface area (Å²) in [5, 5.41) is 11.5. The minimum atomic E-state index is -0.318. The molecule has 2 heterocycles. The van der Waals surface area contributed by atoms with E-state index >= 15 is 0 Å². The van der Waals surface area contributed by atoms with Gasteiger partial charge in [-0.15, -0.1) is 10.2 Å². The fourth-order valence-electron chi connectivity index (χ4n) is 2.16. The van der Waals surface area contributed by atoms with Gasteiger partial charge in [-0.3, -0.25) is 4.79 Å². The SMILES string of the molecule is CC(C)(C)OC=O.CNC1CCCN(c2ccc(OC)nn2)C1. The molecule has 1 saturated heterocycles. The molecule has 0 saturated carbocycles. The van der Waals surface area contributed by atoms with Crippen LogP contribution >= 0.6 is 0 Å². The van der Waals surface area contributed by atoms with Crippen LogP contribution in [-0.2, 0) is 9.53 Å². The number of anilines is 1. The number of nitrogens with one attached hydrogen (secondary N) is 1. The number of hydrogen-bond donors (Lipinski definition) is 1. The number of ether oxygens (including phenoxy) is 2. The van der Waals surface area contributed by atoms with Gasteiger partial charge in [-0.05, 0) is 46.7 Å². The van der Waals surface area contributed by atoms with Gasteiger partial charge < -0.3 is 19.7 Å². The van der Waals surface area contributed by atoms with Crippen LogP contribution < -0.4 is 15.0 Å². The molecule has 0 radical (unpaired) electrons. The first-order chi connectivity index (χ1) is 10.9. The fourth-order valence-corrected chi connectivity index (χ4v) is 2.16. The Morgan fingerprint density at radius 2 is 2.09 bits per heavy atom. The minimum Gasteiger partial charge on any atom is -0.480 e. The quantitative estimate of drug-likeness (QED) is 0.844. The topological polar surface area (TPSA) is 76.6 Å². The number of carbonyl (C=O) groups excluding carboxylic acids is 1. The molecule has 1 unspecified atom stereocenters. The van der Waals surface area contributed by atoms with Crippen molar-refractivity contribution in [2.24, 2.45) is 0 Å². The maximum absolute atomic E-state index is 9.60. The second kappa shape index (κ2) is 9.29. The second-order valence-corrected chi connectivity index (χ2v) is 6.33. The molecule has 1 fully saturated rings. The molecule has 23 heavy (non-hydrogen) atoms. The van der Waals surface area contributed by atoms with Gasteiger partial charge in [0.05, 0.1) is 7.11 Å². The molecule has 2 rings (SSSR count). The highest BCUT2D eigenvalue weighted by atomic mass is 16.5. The van der Waals surface area contributed by atoms with Gasteiger partial charge in [-0.25, -0.2) is 0 Å². The van der Waals surface area contributed by atoms with Crippen LogP contribution in [0.4, 0.5) is 5.82 Å². The van der Waals surface area contributed by atoms with Crippen LogP contribution in [0.3, 0.4) is 0 Å². The fraction of sp³-hybridized carbons (Fsp3) is 0.688. The average molecular weight is 324 g/mol. The third-order valence-corrected chi connectivity index (χ3v) is 3.39. The Bertz CT molecular complexity index is 459. The van der Waals surface area contributed by atoms with Gasteiger partial charge in [0.25, 0.3) is 6.47 Å². The van der Waals surface area contributed by atoms with E-state index in [1.54, 1.807) is 7.11 Å². The molecule has 1 aliphatic heterocycles. The van der Waals surface area contributed by atoms with E-state index in [-0.39, 0.29) is 5.60 Å². The van der Waals surface area contributed by atoms with E-state index in [2.05, 4.69) is 25.2 Å². The Hall–Kier alpha value is -1.89. The van der Waals surface area contributed by atoms with Crippen molar-refractivity contribution in [3.05, 3.63) is 12.1 Å². The highest BCUT2D eigenvalue weighted by Crippen LogP contribution is 2.18. The number of carbonyl (C=O) groups is 1. The van der Waals surface area contributed by atoms with Crippen molar-refractivity contribution in [3.63, 3.8) is 0 Å². The Morgan fingerprint density at radius 3 is 2.52 bits per heavy atom. The van der Waals surface area contributed by atoms with E-state index in [0.29, 0.717) is 18.4 Å². The number of piperidine rings is 1. The van der Waals surface area contributed by atoms with Crippen LogP contribution in [0.25, 0.3) is 0 Å². The van der Waals surface area contributed by atoms with Crippen molar-refractivity contribution < 1.29 is 14.3 Å². The number of nitrogens with zero attached hydrogens (tertiary/aromatic N) is 3. The molecule has 7 heteroatoms. The third kappa shape index (κ3) is 7.27. The summed E-state index contributed by atoms with van der Waals surface area (Å²) in [6, 6.07) is 4.37. The first kappa shape index (κ1) is 19.2. The molecule has 0 aliphatic carbocycles. The molecule has 1 aromatic rings. The zero-order valence-electron chi connectivity index (χ0n) is 14.7. The lowest BCUT2D eigenvalue weighted by Gasteiger charge is -2.33. The summed E-state index contributed by atoms with van der Waals surface area (Å²) in [6.07, 6.45) is 2.43. The van der Waals surface area contributed by atoms with Gasteiger partial charge in [0.2, 0.25) is 5.88 Å². The Labute approximate surface area is 138 Å². The summed E-state index contributed by atoms with van der Waals surface area (Å²) >= 11 is 0. The standard InChI is InChI=1S/C11H18N4O.C5H10O2/c1-12-9-4-3-7-15(8-9)10-5-6-11(16-2)14-13-10;1-5(2,3)7-4-6/h5-6,9,12H,3-4,7-8H2,1-2H3;4H,1-3H3. The summed E-state index contributed by atoms with van der Waals surface area (Å²) in [5.74, 6) is 1.49. The molecular weight excluding hydrogens is 296 g/mol. The summed E-state index contributed by atoms with van der Waals surface area (Å²) in [4.78, 5) is 11.9. The first-order valence-electron chi connectivity index (χ1n) is 7.81. The van der Waals surface area contributed by atoms with Crippen molar-refractivity contribution in [2.75, 3.05) is 32.1 Å². The van der Waals surface area contributed by atoms with Crippen molar-refractivity contribution in [1.82, 2.24) is 15.5 Å². The van der Waals surface area contributed by atoms with Crippen molar-refractivity contribution in [3.8, 4) is 5.88 Å². The largest absolute Gasteiger partial charge is 0.480 e. The third-order valence-electron chi connectivity index (χ3n) is 3.39. The van der Waals surface area contributed by atoms with Gasteiger partial charge in [0, 0.05) is 25.2 Å². The monoisotopic (exact) mass is 324 g/mol. The maximum atomic E-state index is 9.60. The highest BCUT2D eigenvalue weighted by Gasteiger charge is 2.19. The van der Waals surface area contributed by atoms with Gasteiger partial charge in [-0.1, -0.05) is 0 Å². The number of rotatable bonds is 4. The normalized spacial score (nSPS) is 17.8. The molecule has 0 amide bonds. The predicted octanol–water partition coefficient (Wildman–Crippen LogP) is 1.63. The Kier molecular flexibility index (Phi) is 7.74. The zero-order chi connectivity index (χ0) is 17.3. The lowest BCUT2D eigenvalue weighted by atomic mass is 10.1. The van der Waals surface area contributed by atoms with Gasteiger partial charge >= 0.3 is 0 Å². The maximum Gasteiger partial charge on any atom is 0.293 e. The average Bonchev–Trinajstić information content (AvgIpc) is 2.54. The Morgan fingerprint density at radius 1 is 1.35 bits per heavy atom. The van der Waals surface area contributed by atoms with E-state index in [0.717, 1.165) is 18.9 Å². The molecule has 1 atom stereocenters. The molecule has 0 bridgehead atoms. The second-order valence-electron chi connectivity index (χ2n) is 6.33. The number of hydrogen-bond acceptors (Lipinski definition) is 7. The minimum absolute atomic E-state index is 0.318. The van der Waals surface area contributed by atoms with Gasteiger partial charge in [0.1, 0.15) is 5.60 Å². The van der Waals surface area contributed by atoms with E-state index in [1.165, 1.54) is 12.8 Å². The smallest absolute Gasteiger partial charge is 0.293 e. The molecule has 7 nitrogen and oxygen atoms in total. The Balaban J connectivity index is 0.000000322. The van der Waals surface area contributed by atoms with Crippen molar-refractivity contribution >= 4 is 12.3 Å². The lowest BCUT2D eigenvalue weighted by Crippen LogP contribution is -2.44. The van der Waals surface area contributed by atoms with Crippen LogP contribution in [0.1, 0.15) is 33.6 Å². The number of likely N-dealkylation sites (N-methyl/N-ethyl adjacent to an activating group) is 1. The van der Waals surface area contributed by atoms with E-state index < -0.39 is 0 Å². The molecule has 1 aromatic heterocycles. The van der Waals surface area contributed by atoms with Crippen LogP contribution in [0.15, 0.2) is 12.1 Å². The van der Waals surface area contributed by atoms with Crippen LogP contribution in [0.2, 0.25) is 0 Å². The van der Waals surface area contributed by atoms with Crippen molar-refractivity contribution in [2.45, 2.75) is 45.3 Å². The number of methoxy groups -OCH3 is 1. The summed E-state index contributed by atoms with van der Waals surface area (Å²) in [6.45, 7) is 7.97. The van der Waals surface area contributed by atoms with Gasteiger partial charge in [-0.2, -0.15) is 0 Å². The molecule has 130 valence electrons. The zero-order valence-corrected chi connectivity index (χ0v) is 14.7.